The molecular weight excluding hydrogens is 686 g/mol. The van der Waals surface area contributed by atoms with Crippen molar-refractivity contribution in [3.8, 4) is 5.75 Å². The van der Waals surface area contributed by atoms with Crippen LogP contribution in [0.2, 0.25) is 5.02 Å². The van der Waals surface area contributed by atoms with E-state index in [1.54, 1.807) is 32.2 Å². The minimum Gasteiger partial charge on any atom is -0.487 e. The minimum absolute atomic E-state index is 0.0736. The molecule has 2 fully saturated rings. The van der Waals surface area contributed by atoms with Crippen LogP contribution in [-0.2, 0) is 32.6 Å². The van der Waals surface area contributed by atoms with Gasteiger partial charge in [0.1, 0.15) is 12.4 Å². The van der Waals surface area contributed by atoms with Crippen molar-refractivity contribution >= 4 is 39.1 Å². The molecule has 0 spiro atoms. The maximum absolute atomic E-state index is 14.0. The Hall–Kier alpha value is -3.08. The normalized spacial score (nSPS) is 29.3. The fourth-order valence-corrected chi connectivity index (χ4v) is 10.00. The SMILES string of the molecule is CO[C@@]1(CC(=O)N(C)C2CCCC2)/C=C/C[C@H](C)[C@@H](C)S(=O)(=O)NC(=O)c2ccc3c(c2)N(CCCCc2cc(Cl)ccc2CO3)C[C@@H]2CC[C@H]21. The summed E-state index contributed by atoms with van der Waals surface area (Å²) in [4.78, 5) is 31.8. The summed E-state index contributed by atoms with van der Waals surface area (Å²) in [5, 5.41) is -0.139. The highest BCUT2D eigenvalue weighted by atomic mass is 35.5. The van der Waals surface area contributed by atoms with Crippen LogP contribution in [0.25, 0.3) is 0 Å². The lowest BCUT2D eigenvalue weighted by atomic mass is 9.63. The average molecular weight is 740 g/mol. The van der Waals surface area contributed by atoms with Gasteiger partial charge in [-0.05, 0) is 118 Å². The number of hydrogen-bond donors (Lipinski definition) is 1. The van der Waals surface area contributed by atoms with E-state index in [4.69, 9.17) is 21.1 Å². The summed E-state index contributed by atoms with van der Waals surface area (Å²) in [7, 11) is -0.364. The Morgan fingerprint density at radius 3 is 2.57 bits per heavy atom. The topological polar surface area (TPSA) is 105 Å². The number of benzene rings is 2. The number of aryl methyl sites for hydroxylation is 1. The number of rotatable bonds is 4. The van der Waals surface area contributed by atoms with Crippen molar-refractivity contribution in [2.75, 3.05) is 32.1 Å². The van der Waals surface area contributed by atoms with Gasteiger partial charge in [-0.3, -0.25) is 9.59 Å². The molecule has 1 N–H and O–H groups in total. The van der Waals surface area contributed by atoms with Gasteiger partial charge < -0.3 is 19.3 Å². The molecule has 278 valence electrons. The first-order valence-corrected chi connectivity index (χ1v) is 20.7. The predicted octanol–water partition coefficient (Wildman–Crippen LogP) is 7.31. The van der Waals surface area contributed by atoms with Crippen molar-refractivity contribution in [2.24, 2.45) is 17.8 Å². The molecule has 2 heterocycles. The minimum atomic E-state index is -4.00. The van der Waals surface area contributed by atoms with E-state index in [0.29, 0.717) is 36.9 Å². The van der Waals surface area contributed by atoms with Crippen LogP contribution >= 0.6 is 11.6 Å². The molecule has 0 unspecified atom stereocenters. The van der Waals surface area contributed by atoms with Crippen LogP contribution in [0, 0.1) is 17.8 Å². The molecule has 2 saturated carbocycles. The third-order valence-corrected chi connectivity index (χ3v) is 14.4. The quantitative estimate of drug-likeness (QED) is 0.328. The summed E-state index contributed by atoms with van der Waals surface area (Å²) in [6.07, 6.45) is 13.7. The molecule has 2 aromatic rings. The highest BCUT2D eigenvalue weighted by Crippen LogP contribution is 2.48. The zero-order chi connectivity index (χ0) is 36.3. The van der Waals surface area contributed by atoms with Gasteiger partial charge in [-0.25, -0.2) is 13.1 Å². The zero-order valence-electron chi connectivity index (χ0n) is 30.5. The molecule has 2 aliphatic carbocycles. The first kappa shape index (κ1) is 37.7. The largest absolute Gasteiger partial charge is 0.487 e. The maximum atomic E-state index is 14.0. The Kier molecular flexibility index (Phi) is 11.7. The number of nitrogens with zero attached hydrogens (tertiary/aromatic N) is 2. The number of sulfonamides is 1. The molecule has 11 heteroatoms. The average Bonchev–Trinajstić information content (AvgIpc) is 3.63. The standard InChI is InChI=1S/C40H54ClN3O6S/c1-27-10-9-20-40(49-4,24-38(45)43(3)34-12-5-6-13-34)35-18-15-31(35)25-44-21-8-7-11-29-22-33(41)17-14-32(29)26-50-37-19-16-30(23-36(37)44)39(46)42-51(47,48)28(27)2/h9,14,16-17,19-20,22-23,27-28,31,34-35H,5-8,10-13,15,18,21,24-26H2,1-4H3,(H,42,46)/b20-9+/t27-,28+,31-,35+,40+/m0/s1. The van der Waals surface area contributed by atoms with Gasteiger partial charge in [-0.15, -0.1) is 0 Å². The van der Waals surface area contributed by atoms with Gasteiger partial charge in [0, 0.05) is 43.9 Å². The van der Waals surface area contributed by atoms with Crippen LogP contribution in [0.3, 0.4) is 0 Å². The highest BCUT2D eigenvalue weighted by molar-refractivity contribution is 7.90. The summed E-state index contributed by atoms with van der Waals surface area (Å²) in [6, 6.07) is 11.4. The molecule has 5 atom stereocenters. The third kappa shape index (κ3) is 8.28. The van der Waals surface area contributed by atoms with E-state index in [2.05, 4.69) is 15.7 Å². The lowest BCUT2D eigenvalue weighted by Gasteiger charge is -2.50. The Bertz CT molecular complexity index is 1730. The molecule has 9 nitrogen and oxygen atoms in total. The Labute approximate surface area is 309 Å². The van der Waals surface area contributed by atoms with Gasteiger partial charge >= 0.3 is 0 Å². The molecule has 51 heavy (non-hydrogen) atoms. The number of allylic oxidation sites excluding steroid dienone is 1. The number of anilines is 1. The molecule has 2 aliphatic heterocycles. The molecule has 6 rings (SSSR count). The van der Waals surface area contributed by atoms with Gasteiger partial charge in [0.15, 0.2) is 0 Å². The monoisotopic (exact) mass is 739 g/mol. The number of fused-ring (bicyclic) bond motifs is 3. The van der Waals surface area contributed by atoms with Crippen LogP contribution in [0.5, 0.6) is 5.75 Å². The van der Waals surface area contributed by atoms with Crippen molar-refractivity contribution in [2.45, 2.75) is 108 Å². The van der Waals surface area contributed by atoms with Gasteiger partial charge in [0.25, 0.3) is 5.91 Å². The lowest BCUT2D eigenvalue weighted by Crippen LogP contribution is -2.53. The molecule has 2 amide bonds. The van der Waals surface area contributed by atoms with Crippen LogP contribution < -0.4 is 14.4 Å². The molecule has 0 saturated heterocycles. The van der Waals surface area contributed by atoms with E-state index in [-0.39, 0.29) is 41.7 Å². The summed E-state index contributed by atoms with van der Waals surface area (Å²) >= 11 is 6.38. The number of amides is 2. The second kappa shape index (κ2) is 15.9. The number of carbonyl (C=O) groups excluding carboxylic acids is 2. The van der Waals surface area contributed by atoms with E-state index >= 15 is 0 Å². The van der Waals surface area contributed by atoms with Crippen molar-refractivity contribution in [3.63, 3.8) is 0 Å². The molecule has 2 bridgehead atoms. The maximum Gasteiger partial charge on any atom is 0.264 e. The van der Waals surface area contributed by atoms with E-state index in [1.807, 2.05) is 43.1 Å². The number of halogens is 1. The first-order chi connectivity index (χ1) is 24.4. The third-order valence-electron chi connectivity index (χ3n) is 12.2. The Morgan fingerprint density at radius 1 is 1.06 bits per heavy atom. The molecule has 0 aromatic heterocycles. The second-order valence-corrected chi connectivity index (χ2v) is 17.8. The van der Waals surface area contributed by atoms with Gasteiger partial charge in [-0.2, -0.15) is 0 Å². The second-order valence-electron chi connectivity index (χ2n) is 15.3. The summed E-state index contributed by atoms with van der Waals surface area (Å²) in [5.41, 5.74) is 2.41. The summed E-state index contributed by atoms with van der Waals surface area (Å²) in [6.45, 7) is 5.25. The van der Waals surface area contributed by atoms with Crippen molar-refractivity contribution in [1.29, 1.82) is 0 Å². The number of methoxy groups -OCH3 is 1. The predicted molar refractivity (Wildman–Crippen MR) is 202 cm³/mol. The Balaban J connectivity index is 1.39. The molecular formula is C40H54ClN3O6S. The first-order valence-electron chi connectivity index (χ1n) is 18.7. The van der Waals surface area contributed by atoms with Crippen LogP contribution in [0.15, 0.2) is 48.6 Å². The van der Waals surface area contributed by atoms with E-state index < -0.39 is 26.8 Å². The highest BCUT2D eigenvalue weighted by Gasteiger charge is 2.49. The van der Waals surface area contributed by atoms with Crippen LogP contribution in [0.4, 0.5) is 5.69 Å². The van der Waals surface area contributed by atoms with Crippen LogP contribution in [-0.4, -0.2) is 69.3 Å². The fraction of sp³-hybridized carbons (Fsp3) is 0.600. The summed E-state index contributed by atoms with van der Waals surface area (Å²) < 4.78 is 42.4. The summed E-state index contributed by atoms with van der Waals surface area (Å²) in [5.74, 6) is 0.0522. The number of carbonyl (C=O) groups is 2. The van der Waals surface area contributed by atoms with E-state index in [0.717, 1.165) is 74.6 Å². The number of ether oxygens (including phenoxy) is 2. The van der Waals surface area contributed by atoms with Crippen molar-refractivity contribution in [1.82, 2.24) is 9.62 Å². The zero-order valence-corrected chi connectivity index (χ0v) is 32.1. The Morgan fingerprint density at radius 2 is 1.84 bits per heavy atom. The molecule has 4 aliphatic rings. The van der Waals surface area contributed by atoms with Crippen molar-refractivity contribution < 1.29 is 27.5 Å². The molecule has 0 radical (unpaired) electrons. The smallest absolute Gasteiger partial charge is 0.264 e. The van der Waals surface area contributed by atoms with Crippen molar-refractivity contribution in [3.05, 3.63) is 70.3 Å². The number of hydrogen-bond acceptors (Lipinski definition) is 7. The molecule has 2 aromatic carbocycles. The van der Waals surface area contributed by atoms with Crippen LogP contribution in [0.1, 0.15) is 99.5 Å². The van der Waals surface area contributed by atoms with Gasteiger partial charge in [0.2, 0.25) is 15.9 Å². The van der Waals surface area contributed by atoms with E-state index in [9.17, 15) is 18.0 Å². The fourth-order valence-electron chi connectivity index (χ4n) is 8.52. The van der Waals surface area contributed by atoms with Gasteiger partial charge in [0.05, 0.1) is 23.0 Å². The van der Waals surface area contributed by atoms with E-state index in [1.165, 1.54) is 0 Å². The van der Waals surface area contributed by atoms with Gasteiger partial charge in [-0.1, -0.05) is 49.6 Å². The lowest BCUT2D eigenvalue weighted by molar-refractivity contribution is -0.143. The number of nitrogens with one attached hydrogen (secondary N) is 1.